The topological polar surface area (TPSA) is 116 Å². The molecule has 1 N–H and O–H groups in total. The molecule has 26 heavy (non-hydrogen) atoms. The van der Waals surface area contributed by atoms with E-state index in [4.69, 9.17) is 11.6 Å². The van der Waals surface area contributed by atoms with E-state index < -0.39 is 37.5 Å². The number of hydrogen-bond donors (Lipinski definition) is 1. The molecule has 0 aliphatic carbocycles. The molecule has 9 nitrogen and oxygen atoms in total. The number of sulfone groups is 1. The van der Waals surface area contributed by atoms with Gasteiger partial charge in [0.25, 0.3) is 5.91 Å². The molecule has 0 unspecified atom stereocenters. The zero-order valence-corrected chi connectivity index (χ0v) is 15.4. The van der Waals surface area contributed by atoms with Crippen molar-refractivity contribution in [2.24, 2.45) is 0 Å². The number of amides is 1. The lowest BCUT2D eigenvalue weighted by molar-refractivity contribution is -0.160. The number of alkyl halides is 2. The number of ether oxygens (including phenoxy) is 1. The summed E-state index contributed by atoms with van der Waals surface area (Å²) in [6.45, 7) is 2.54. The number of anilines is 1. The van der Waals surface area contributed by atoms with Crippen LogP contribution in [0.5, 0.6) is 5.75 Å². The number of aryl methyl sites for hydroxylation is 1. The summed E-state index contributed by atoms with van der Waals surface area (Å²) in [5.74, 6) is -1.48. The number of carbonyl (C=O) groups is 1. The van der Waals surface area contributed by atoms with Gasteiger partial charge in [-0.3, -0.25) is 10.1 Å². The number of benzene rings is 1. The molecule has 13 heteroatoms. The van der Waals surface area contributed by atoms with Gasteiger partial charge in [-0.15, -0.1) is 0 Å². The molecule has 142 valence electrons. The fraction of sp³-hybridized carbons (Fsp3) is 0.385. The van der Waals surface area contributed by atoms with Crippen LogP contribution in [-0.2, 0) is 16.4 Å². The summed E-state index contributed by atoms with van der Waals surface area (Å²) in [7, 11) is -4.08. The normalized spacial score (nSPS) is 12.1. The molecule has 1 amide bonds. The second-order valence-electron chi connectivity index (χ2n) is 5.21. The molecule has 0 bridgehead atoms. The summed E-state index contributed by atoms with van der Waals surface area (Å²) in [5, 5.41) is 12.4. The molecule has 0 aliphatic rings. The Bertz CT molecular complexity index is 942. The second kappa shape index (κ2) is 7.11. The van der Waals surface area contributed by atoms with Gasteiger partial charge in [0.1, 0.15) is 10.6 Å². The first-order chi connectivity index (χ1) is 11.9. The maximum absolute atomic E-state index is 13.1. The lowest BCUT2D eigenvalue weighted by Gasteiger charge is -2.17. The summed E-state index contributed by atoms with van der Waals surface area (Å²) < 4.78 is 55.9. The predicted octanol–water partition coefficient (Wildman–Crippen LogP) is 1.99. The van der Waals surface area contributed by atoms with E-state index >= 15 is 0 Å². The third kappa shape index (κ3) is 4.43. The lowest BCUT2D eigenvalue weighted by atomic mass is 10.2. The van der Waals surface area contributed by atoms with Crippen LogP contribution in [0.3, 0.4) is 0 Å². The minimum atomic E-state index is -4.08. The predicted molar refractivity (Wildman–Crippen MR) is 87.3 cm³/mol. The molecule has 0 radical (unpaired) electrons. The van der Waals surface area contributed by atoms with Crippen LogP contribution in [0.25, 0.3) is 0 Å². The average molecular weight is 410 g/mol. The van der Waals surface area contributed by atoms with E-state index in [1.165, 1.54) is 4.68 Å². The minimum Gasteiger partial charge on any atom is -0.431 e. The first-order valence-electron chi connectivity index (χ1n) is 7.11. The highest BCUT2D eigenvalue weighted by Crippen LogP contribution is 2.36. The number of carbonyl (C=O) groups excluding carboxylic acids is 1. The van der Waals surface area contributed by atoms with Gasteiger partial charge in [-0.1, -0.05) is 16.7 Å². The van der Waals surface area contributed by atoms with Gasteiger partial charge in [0.05, 0.1) is 10.6 Å². The fourth-order valence-corrected chi connectivity index (χ4v) is 3.58. The highest BCUT2D eigenvalue weighted by Gasteiger charge is 2.30. The van der Waals surface area contributed by atoms with Gasteiger partial charge >= 0.3 is 6.11 Å². The van der Waals surface area contributed by atoms with Gasteiger partial charge in [-0.05, 0) is 29.5 Å². The Labute approximate surface area is 152 Å². The Morgan fingerprint density at radius 2 is 2.08 bits per heavy atom. The van der Waals surface area contributed by atoms with Crippen molar-refractivity contribution in [2.45, 2.75) is 31.4 Å². The standard InChI is InChI=1S/C13H14ClF2N5O4S/c1-4-21-12(18-19-20-21)17-11(22)7-5-6-8(25-13(2,15)16)10(9(7)14)26(3,23)24/h5-6H,4H2,1-3H3,(H,17,18,20,22). The molecule has 0 atom stereocenters. The van der Waals surface area contributed by atoms with Crippen LogP contribution >= 0.6 is 11.6 Å². The van der Waals surface area contributed by atoms with Crippen molar-refractivity contribution in [3.63, 3.8) is 0 Å². The van der Waals surface area contributed by atoms with Gasteiger partial charge in [0.2, 0.25) is 5.95 Å². The van der Waals surface area contributed by atoms with Crippen LogP contribution in [0, 0.1) is 0 Å². The highest BCUT2D eigenvalue weighted by molar-refractivity contribution is 7.91. The summed E-state index contributed by atoms with van der Waals surface area (Å²) in [6, 6.07) is 1.99. The molecule has 0 saturated heterocycles. The summed E-state index contributed by atoms with van der Waals surface area (Å²) in [6.07, 6.45) is -2.88. The van der Waals surface area contributed by atoms with E-state index in [9.17, 15) is 22.0 Å². The number of halogens is 3. The van der Waals surface area contributed by atoms with Crippen LogP contribution in [0.15, 0.2) is 17.0 Å². The molecule has 0 saturated carbocycles. The number of tetrazole rings is 1. The molecular weight excluding hydrogens is 396 g/mol. The Morgan fingerprint density at radius 1 is 1.42 bits per heavy atom. The molecular formula is C13H14ClF2N5O4S. The van der Waals surface area contributed by atoms with E-state index in [1.807, 2.05) is 0 Å². The monoisotopic (exact) mass is 409 g/mol. The van der Waals surface area contributed by atoms with Crippen LogP contribution in [0.1, 0.15) is 24.2 Å². The number of nitrogens with zero attached hydrogens (tertiary/aromatic N) is 4. The molecule has 1 heterocycles. The first-order valence-corrected chi connectivity index (χ1v) is 9.38. The lowest BCUT2D eigenvalue weighted by Crippen LogP contribution is -2.22. The molecule has 0 spiro atoms. The SMILES string of the molecule is CCn1nnnc1NC(=O)c1ccc(OC(C)(F)F)c(S(C)(=O)=O)c1Cl. The van der Waals surface area contributed by atoms with Crippen LogP contribution in [0.2, 0.25) is 5.02 Å². The zero-order valence-electron chi connectivity index (χ0n) is 13.8. The Balaban J connectivity index is 2.49. The van der Waals surface area contributed by atoms with Crippen LogP contribution < -0.4 is 10.1 Å². The molecule has 0 aliphatic heterocycles. The Kier molecular flexibility index (Phi) is 5.47. The number of hydrogen-bond acceptors (Lipinski definition) is 7. The minimum absolute atomic E-state index is 0.00916. The van der Waals surface area contributed by atoms with Gasteiger partial charge in [-0.2, -0.15) is 8.78 Å². The molecule has 2 aromatic rings. The van der Waals surface area contributed by atoms with Crippen molar-refractivity contribution in [1.29, 1.82) is 0 Å². The van der Waals surface area contributed by atoms with E-state index in [1.54, 1.807) is 6.92 Å². The quantitative estimate of drug-likeness (QED) is 0.775. The van der Waals surface area contributed by atoms with Gasteiger partial charge in [-0.25, -0.2) is 13.1 Å². The molecule has 0 fully saturated rings. The second-order valence-corrected chi connectivity index (χ2v) is 7.54. The van der Waals surface area contributed by atoms with Gasteiger partial charge < -0.3 is 4.74 Å². The van der Waals surface area contributed by atoms with E-state index in [0.717, 1.165) is 18.4 Å². The summed E-state index contributed by atoms with van der Waals surface area (Å²) in [5.41, 5.74) is -0.274. The summed E-state index contributed by atoms with van der Waals surface area (Å²) >= 11 is 6.01. The number of nitrogens with one attached hydrogen (secondary N) is 1. The Hall–Kier alpha value is -2.34. The average Bonchev–Trinajstić information content (AvgIpc) is 2.91. The number of rotatable bonds is 6. The third-order valence-electron chi connectivity index (χ3n) is 3.02. The highest BCUT2D eigenvalue weighted by atomic mass is 35.5. The van der Waals surface area contributed by atoms with Crippen LogP contribution in [-0.4, -0.2) is 46.9 Å². The first kappa shape index (κ1) is 20.0. The van der Waals surface area contributed by atoms with Crippen molar-refractivity contribution in [3.05, 3.63) is 22.7 Å². The number of aromatic nitrogens is 4. The molecule has 1 aromatic heterocycles. The Morgan fingerprint density at radius 3 is 2.62 bits per heavy atom. The van der Waals surface area contributed by atoms with Crippen molar-refractivity contribution in [1.82, 2.24) is 20.2 Å². The van der Waals surface area contributed by atoms with Gasteiger partial charge in [0, 0.05) is 19.7 Å². The molecule has 2 rings (SSSR count). The smallest absolute Gasteiger partial charge is 0.394 e. The van der Waals surface area contributed by atoms with E-state index in [2.05, 4.69) is 25.6 Å². The summed E-state index contributed by atoms with van der Waals surface area (Å²) in [4.78, 5) is 11.7. The van der Waals surface area contributed by atoms with Crippen molar-refractivity contribution >= 4 is 33.3 Å². The van der Waals surface area contributed by atoms with Crippen molar-refractivity contribution in [2.75, 3.05) is 11.6 Å². The molecule has 1 aromatic carbocycles. The van der Waals surface area contributed by atoms with Gasteiger partial charge in [0.15, 0.2) is 9.84 Å². The fourth-order valence-electron chi connectivity index (χ4n) is 2.01. The van der Waals surface area contributed by atoms with Crippen molar-refractivity contribution < 1.29 is 26.7 Å². The van der Waals surface area contributed by atoms with Crippen molar-refractivity contribution in [3.8, 4) is 5.75 Å². The third-order valence-corrected chi connectivity index (χ3v) is 4.67. The van der Waals surface area contributed by atoms with E-state index in [0.29, 0.717) is 13.5 Å². The zero-order chi connectivity index (χ0) is 19.7. The van der Waals surface area contributed by atoms with Crippen LogP contribution in [0.4, 0.5) is 14.7 Å². The largest absolute Gasteiger partial charge is 0.431 e. The van der Waals surface area contributed by atoms with E-state index in [-0.39, 0.29) is 11.5 Å². The maximum atomic E-state index is 13.1. The maximum Gasteiger partial charge on any atom is 0.394 e.